The zero-order chi connectivity index (χ0) is 26.9. The van der Waals surface area contributed by atoms with Gasteiger partial charge in [-0.05, 0) is 20.3 Å². The van der Waals surface area contributed by atoms with Crippen molar-refractivity contribution in [2.45, 2.75) is 193 Å². The fourth-order valence-corrected chi connectivity index (χ4v) is 6.10. The van der Waals surface area contributed by atoms with E-state index in [0.717, 1.165) is 6.42 Å². The Bertz CT molecular complexity index is 498. The van der Waals surface area contributed by atoms with Crippen LogP contribution in [0.2, 0.25) is 0 Å². The smallest absolute Gasteiger partial charge is 0.306 e. The summed E-state index contributed by atoms with van der Waals surface area (Å²) in [6.45, 7) is 8.86. The third-order valence-electron chi connectivity index (χ3n) is 8.78. The van der Waals surface area contributed by atoms with Crippen LogP contribution < -0.4 is 5.32 Å². The van der Waals surface area contributed by atoms with Gasteiger partial charge in [-0.2, -0.15) is 0 Å². The van der Waals surface area contributed by atoms with Crippen molar-refractivity contribution in [3.05, 3.63) is 0 Å². The van der Waals surface area contributed by atoms with Crippen LogP contribution >= 0.6 is 0 Å². The maximum atomic E-state index is 12.3. The molecule has 0 aromatic heterocycles. The van der Waals surface area contributed by atoms with Crippen molar-refractivity contribution in [3.63, 3.8) is 0 Å². The van der Waals surface area contributed by atoms with E-state index in [9.17, 15) is 4.79 Å². The fourth-order valence-electron chi connectivity index (χ4n) is 6.10. The van der Waals surface area contributed by atoms with Crippen molar-refractivity contribution in [1.29, 1.82) is 0 Å². The third-order valence-corrected chi connectivity index (χ3v) is 8.78. The first kappa shape index (κ1) is 34.5. The van der Waals surface area contributed by atoms with Crippen molar-refractivity contribution in [1.82, 2.24) is 0 Å². The van der Waals surface area contributed by atoms with E-state index >= 15 is 0 Å². The number of esters is 1. The number of piperidine rings is 1. The summed E-state index contributed by atoms with van der Waals surface area (Å²) >= 11 is 0. The first-order valence-corrected chi connectivity index (χ1v) is 17.1. The highest BCUT2D eigenvalue weighted by atomic mass is 16.6. The summed E-state index contributed by atoms with van der Waals surface area (Å²) in [5.41, 5.74) is -0.294. The van der Waals surface area contributed by atoms with E-state index < -0.39 is 0 Å². The zero-order valence-corrected chi connectivity index (χ0v) is 25.8. The standard InChI is InChI=1S/C34H67NO2/c1-4-5-6-7-8-9-10-11-12-13-14-15-16-17-18-19-20-21-22-23-24-25-26-27-33(36)37-34(2,3)32-28-30-35-31-29-32/h32,35H,4-31H2,1-3H3/p+1. The van der Waals surface area contributed by atoms with E-state index in [-0.39, 0.29) is 11.6 Å². The molecule has 1 rings (SSSR count). The van der Waals surface area contributed by atoms with Gasteiger partial charge in [0.1, 0.15) is 5.60 Å². The van der Waals surface area contributed by atoms with E-state index in [1.165, 1.54) is 167 Å². The van der Waals surface area contributed by atoms with E-state index in [1.54, 1.807) is 0 Å². The normalized spacial score (nSPS) is 14.8. The van der Waals surface area contributed by atoms with Crippen LogP contribution in [0, 0.1) is 5.92 Å². The van der Waals surface area contributed by atoms with E-state index in [0.29, 0.717) is 12.3 Å². The number of quaternary nitrogens is 1. The molecule has 0 amide bonds. The van der Waals surface area contributed by atoms with Crippen LogP contribution in [0.25, 0.3) is 0 Å². The van der Waals surface area contributed by atoms with Gasteiger partial charge in [0.25, 0.3) is 0 Å². The van der Waals surface area contributed by atoms with Gasteiger partial charge in [-0.1, -0.05) is 148 Å². The van der Waals surface area contributed by atoms with Gasteiger partial charge in [-0.25, -0.2) is 0 Å². The minimum atomic E-state index is -0.294. The van der Waals surface area contributed by atoms with Gasteiger partial charge in [0.05, 0.1) is 13.1 Å². The molecule has 0 aromatic rings. The number of nitrogens with two attached hydrogens (primary N) is 1. The lowest BCUT2D eigenvalue weighted by atomic mass is 9.83. The van der Waals surface area contributed by atoms with Crippen LogP contribution in [0.4, 0.5) is 0 Å². The van der Waals surface area contributed by atoms with Crippen LogP contribution in [0.3, 0.4) is 0 Å². The molecule has 1 aliphatic rings. The first-order chi connectivity index (χ1) is 18.1. The molecule has 0 saturated carbocycles. The van der Waals surface area contributed by atoms with Crippen molar-refractivity contribution >= 4 is 5.97 Å². The quantitative estimate of drug-likeness (QED) is 0.0907. The molecule has 37 heavy (non-hydrogen) atoms. The van der Waals surface area contributed by atoms with Gasteiger partial charge in [-0.15, -0.1) is 0 Å². The van der Waals surface area contributed by atoms with Crippen molar-refractivity contribution in [3.8, 4) is 0 Å². The predicted octanol–water partition coefficient (Wildman–Crippen LogP) is 9.66. The average Bonchev–Trinajstić information content (AvgIpc) is 2.89. The van der Waals surface area contributed by atoms with Crippen LogP contribution in [0.15, 0.2) is 0 Å². The summed E-state index contributed by atoms with van der Waals surface area (Å²) in [7, 11) is 0. The molecule has 0 unspecified atom stereocenters. The Labute approximate surface area is 233 Å². The monoisotopic (exact) mass is 523 g/mol. The molecule has 0 aliphatic carbocycles. The van der Waals surface area contributed by atoms with Crippen LogP contribution in [0.1, 0.15) is 188 Å². The van der Waals surface area contributed by atoms with Crippen molar-refractivity contribution in [2.75, 3.05) is 13.1 Å². The summed E-state index contributed by atoms with van der Waals surface area (Å²) in [5.74, 6) is 0.541. The number of carbonyl (C=O) groups is 1. The second-order valence-corrected chi connectivity index (χ2v) is 12.7. The van der Waals surface area contributed by atoms with E-state index in [4.69, 9.17) is 4.74 Å². The SMILES string of the molecule is CCCCCCCCCCCCCCCCCCCCCCCCCC(=O)OC(C)(C)C1CC[NH2+]CC1. The van der Waals surface area contributed by atoms with Gasteiger partial charge in [0.15, 0.2) is 0 Å². The number of hydrogen-bond acceptors (Lipinski definition) is 2. The summed E-state index contributed by atoms with van der Waals surface area (Å²) in [4.78, 5) is 12.3. The molecule has 1 aliphatic heterocycles. The van der Waals surface area contributed by atoms with Gasteiger partial charge < -0.3 is 10.1 Å². The van der Waals surface area contributed by atoms with Gasteiger partial charge in [-0.3, -0.25) is 4.79 Å². The molecule has 3 heteroatoms. The highest BCUT2D eigenvalue weighted by molar-refractivity contribution is 5.69. The lowest BCUT2D eigenvalue weighted by molar-refractivity contribution is -0.665. The summed E-state index contributed by atoms with van der Waals surface area (Å²) < 4.78 is 5.87. The Kier molecular flexibility index (Phi) is 22.8. The topological polar surface area (TPSA) is 42.9 Å². The predicted molar refractivity (Wildman–Crippen MR) is 161 cm³/mol. The van der Waals surface area contributed by atoms with E-state index in [1.807, 2.05) is 0 Å². The molecule has 2 N–H and O–H groups in total. The molecule has 0 radical (unpaired) electrons. The molecule has 1 saturated heterocycles. The molecular formula is C34H68NO2+. The maximum Gasteiger partial charge on any atom is 0.306 e. The van der Waals surface area contributed by atoms with Crippen LogP contribution in [0.5, 0.6) is 0 Å². The van der Waals surface area contributed by atoms with Crippen molar-refractivity contribution < 1.29 is 14.8 Å². The third kappa shape index (κ3) is 21.0. The molecule has 0 atom stereocenters. The second-order valence-electron chi connectivity index (χ2n) is 12.7. The molecule has 0 aromatic carbocycles. The number of rotatable bonds is 26. The first-order valence-electron chi connectivity index (χ1n) is 17.1. The average molecular weight is 523 g/mol. The van der Waals surface area contributed by atoms with E-state index in [2.05, 4.69) is 26.1 Å². The van der Waals surface area contributed by atoms with Crippen LogP contribution in [-0.4, -0.2) is 24.7 Å². The van der Waals surface area contributed by atoms with Gasteiger partial charge >= 0.3 is 5.97 Å². The molecule has 0 spiro atoms. The lowest BCUT2D eigenvalue weighted by Gasteiger charge is -2.35. The molecular weight excluding hydrogens is 454 g/mol. The number of carbonyl (C=O) groups excluding carboxylic acids is 1. The fraction of sp³-hybridized carbons (Fsp3) is 0.971. The Hall–Kier alpha value is -0.570. The molecule has 1 heterocycles. The van der Waals surface area contributed by atoms with Crippen LogP contribution in [-0.2, 0) is 9.53 Å². The number of hydrogen-bond donors (Lipinski definition) is 1. The Morgan fingerprint density at radius 2 is 0.919 bits per heavy atom. The Balaban J connectivity index is 1.75. The van der Waals surface area contributed by atoms with Gasteiger partial charge in [0.2, 0.25) is 0 Å². The molecule has 220 valence electrons. The largest absolute Gasteiger partial charge is 0.459 e. The zero-order valence-electron chi connectivity index (χ0n) is 25.8. The highest BCUT2D eigenvalue weighted by Crippen LogP contribution is 2.28. The lowest BCUT2D eigenvalue weighted by Crippen LogP contribution is -2.86. The minimum absolute atomic E-state index is 0.0167. The number of unbranched alkanes of at least 4 members (excludes halogenated alkanes) is 22. The highest BCUT2D eigenvalue weighted by Gasteiger charge is 2.35. The molecule has 0 bridgehead atoms. The van der Waals surface area contributed by atoms with Gasteiger partial charge in [0, 0.05) is 25.2 Å². The summed E-state index contributed by atoms with van der Waals surface area (Å²) in [6.07, 6.45) is 35.1. The Morgan fingerprint density at radius 1 is 0.595 bits per heavy atom. The maximum absolute atomic E-state index is 12.3. The molecule has 1 fully saturated rings. The number of ether oxygens (including phenoxy) is 1. The summed E-state index contributed by atoms with van der Waals surface area (Å²) in [5, 5.41) is 2.37. The minimum Gasteiger partial charge on any atom is -0.459 e. The molecule has 3 nitrogen and oxygen atoms in total. The van der Waals surface area contributed by atoms with Crippen molar-refractivity contribution in [2.24, 2.45) is 5.92 Å². The second kappa shape index (κ2) is 24.5. The summed E-state index contributed by atoms with van der Waals surface area (Å²) in [6, 6.07) is 0. The Morgan fingerprint density at radius 3 is 1.27 bits per heavy atom.